The normalized spacial score (nSPS) is 9.56. The van der Waals surface area contributed by atoms with Gasteiger partial charge in [0.1, 0.15) is 0 Å². The fourth-order valence-corrected chi connectivity index (χ4v) is 2.70. The fourth-order valence-electron chi connectivity index (χ4n) is 0.235. The van der Waals surface area contributed by atoms with E-state index in [9.17, 15) is 0 Å². The molecule has 0 bridgehead atoms. The summed E-state index contributed by atoms with van der Waals surface area (Å²) in [4.78, 5) is 5.53. The predicted molar refractivity (Wildman–Crippen MR) is 40.3 cm³/mol. The van der Waals surface area contributed by atoms with E-state index in [1.54, 1.807) is 0 Å². The summed E-state index contributed by atoms with van der Waals surface area (Å²) in [5.74, 6) is 0. The Bertz CT molecular complexity index is 56.1. The molecule has 0 aliphatic rings. The molecule has 0 aromatic rings. The Balaban J connectivity index is 0. The molecule has 0 aliphatic carbocycles. The number of hydrogen-bond acceptors (Lipinski definition) is 0. The predicted octanol–water partition coefficient (Wildman–Crippen LogP) is 1.54. The van der Waals surface area contributed by atoms with E-state index >= 15 is 0 Å². The first-order valence-corrected chi connectivity index (χ1v) is 6.99. The summed E-state index contributed by atoms with van der Waals surface area (Å²) in [5.41, 5.74) is 0. The van der Waals surface area contributed by atoms with Crippen LogP contribution in [-0.2, 0) is 17.1 Å². The van der Waals surface area contributed by atoms with Crippen LogP contribution in [0, 0.1) is 4.97 Å². The van der Waals surface area contributed by atoms with Gasteiger partial charge in [-0.25, -0.2) is 0 Å². The number of hydrogen-bond donors (Lipinski definition) is 0. The minimum absolute atomic E-state index is 0. The smallest absolute Gasteiger partial charge is 1.00 e. The van der Waals surface area contributed by atoms with Gasteiger partial charge >= 0.3 is 81.4 Å². The van der Waals surface area contributed by atoms with Crippen LogP contribution >= 0.6 is 0 Å². The van der Waals surface area contributed by atoms with Crippen molar-refractivity contribution in [1.82, 2.24) is 0 Å². The monoisotopic (exact) mass is 306 g/mol. The molecule has 0 saturated heterocycles. The zero-order valence-electron chi connectivity index (χ0n) is 5.61. The number of rotatable bonds is 4. The quantitative estimate of drug-likeness (QED) is 0.546. The Kier molecular flexibility index (Phi) is 17.3. The molecular weight excluding hydrogens is 294 g/mol. The molecule has 0 N–H and O–H groups in total. The Morgan fingerprint density at radius 1 is 1.33 bits per heavy atom. The Hall–Kier alpha value is 1.30. The van der Waals surface area contributed by atoms with E-state index in [0.29, 0.717) is 15.0 Å². The van der Waals surface area contributed by atoms with Crippen LogP contribution in [-0.4, -0.2) is 29.9 Å². The maximum Gasteiger partial charge on any atom is 1.00 e. The second kappa shape index (κ2) is 12.0. The molecule has 0 nitrogen and oxygen atoms in total. The maximum atomic E-state index is 3.30. The van der Waals surface area contributed by atoms with E-state index in [0.717, 1.165) is 15.0 Å². The van der Waals surface area contributed by atoms with Crippen molar-refractivity contribution in [3.05, 3.63) is 9.95 Å². The summed E-state index contributed by atoms with van der Waals surface area (Å²) in [7, 11) is 0. The third kappa shape index (κ3) is 12.5. The van der Waals surface area contributed by atoms with Crippen molar-refractivity contribution >= 4 is 29.9 Å². The molecule has 0 aliphatic heterocycles. The zero-order valence-corrected chi connectivity index (χ0v) is 9.98. The van der Waals surface area contributed by atoms with Crippen molar-refractivity contribution < 1.29 is 17.1 Å². The Morgan fingerprint density at radius 2 is 2.00 bits per heavy atom. The average molecular weight is 305 g/mol. The van der Waals surface area contributed by atoms with Crippen molar-refractivity contribution in [3.8, 4) is 0 Å². The molecule has 0 radical (unpaired) electrons. The molecule has 0 atom stereocenters. The van der Waals surface area contributed by atoms with Crippen LogP contribution < -0.4 is 0 Å². The van der Waals surface area contributed by atoms with Gasteiger partial charge in [-0.1, -0.05) is 0 Å². The molecule has 0 aromatic carbocycles. The van der Waals surface area contributed by atoms with Gasteiger partial charge in [-0.2, -0.15) is 0 Å². The van der Waals surface area contributed by atoms with Crippen LogP contribution in [0.3, 0.4) is 0 Å². The average Bonchev–Trinajstić information content (AvgIpc) is 1.81. The van der Waals surface area contributed by atoms with Gasteiger partial charge in [0.25, 0.3) is 0 Å². The standard InChI is InChI=1S/C6H11Se2.Cu/c1-3-7-5-6-8-4-2;/h5H,3-4H2,1-2H3;/q-1;+1. The molecule has 0 fully saturated rings. The third-order valence-corrected chi connectivity index (χ3v) is 3.78. The van der Waals surface area contributed by atoms with E-state index in [2.05, 4.69) is 23.8 Å². The van der Waals surface area contributed by atoms with Crippen LogP contribution in [0.1, 0.15) is 13.8 Å². The largest absolute Gasteiger partial charge is 1.00 e. The van der Waals surface area contributed by atoms with Crippen LogP contribution in [0.25, 0.3) is 0 Å². The van der Waals surface area contributed by atoms with Gasteiger partial charge in [-0.15, -0.1) is 0 Å². The van der Waals surface area contributed by atoms with E-state index in [1.807, 2.05) is 0 Å². The van der Waals surface area contributed by atoms with Gasteiger partial charge < -0.3 is 0 Å². The first-order valence-electron chi connectivity index (χ1n) is 2.72. The molecule has 0 spiro atoms. The first kappa shape index (κ1) is 12.9. The van der Waals surface area contributed by atoms with Crippen molar-refractivity contribution in [2.45, 2.75) is 24.5 Å². The van der Waals surface area contributed by atoms with Gasteiger partial charge in [0.15, 0.2) is 0 Å². The van der Waals surface area contributed by atoms with E-state index in [-0.39, 0.29) is 17.1 Å². The van der Waals surface area contributed by atoms with Crippen LogP contribution in [0.5, 0.6) is 0 Å². The molecular formula is C6H11CuSe2. The molecule has 58 valence electrons. The van der Waals surface area contributed by atoms with E-state index < -0.39 is 0 Å². The summed E-state index contributed by atoms with van der Waals surface area (Å²) < 4.78 is 0. The van der Waals surface area contributed by atoms with Gasteiger partial charge in [0, 0.05) is 0 Å². The van der Waals surface area contributed by atoms with Gasteiger partial charge in [0.05, 0.1) is 0 Å². The molecule has 0 saturated carbocycles. The summed E-state index contributed by atoms with van der Waals surface area (Å²) >= 11 is 1.42. The maximum absolute atomic E-state index is 3.30. The minimum Gasteiger partial charge on any atom is 1.00 e. The summed E-state index contributed by atoms with van der Waals surface area (Å²) in [5, 5.41) is 2.61. The molecule has 0 heterocycles. The van der Waals surface area contributed by atoms with Gasteiger partial charge in [-0.3, -0.25) is 0 Å². The van der Waals surface area contributed by atoms with E-state index in [4.69, 9.17) is 0 Å². The first-order chi connectivity index (χ1) is 3.91. The second-order valence-electron chi connectivity index (χ2n) is 1.12. The summed E-state index contributed by atoms with van der Waals surface area (Å²) in [6.45, 7) is 4.43. The van der Waals surface area contributed by atoms with Crippen LogP contribution in [0.2, 0.25) is 10.6 Å². The molecule has 0 amide bonds. The summed E-state index contributed by atoms with van der Waals surface area (Å²) in [6.07, 6.45) is 0. The molecule has 0 aromatic heterocycles. The van der Waals surface area contributed by atoms with Crippen molar-refractivity contribution in [2.75, 3.05) is 0 Å². The van der Waals surface area contributed by atoms with Crippen LogP contribution in [0.4, 0.5) is 0 Å². The SMILES string of the molecule is CC[Se][C-]=C[Se]CC.[Cu+]. The van der Waals surface area contributed by atoms with Gasteiger partial charge in [-0.05, 0) is 0 Å². The van der Waals surface area contributed by atoms with Crippen molar-refractivity contribution in [1.29, 1.82) is 0 Å². The van der Waals surface area contributed by atoms with Gasteiger partial charge in [0.2, 0.25) is 0 Å². The third-order valence-electron chi connectivity index (χ3n) is 0.526. The topological polar surface area (TPSA) is 0 Å². The Labute approximate surface area is 81.0 Å². The Morgan fingerprint density at radius 3 is 2.44 bits per heavy atom. The molecule has 9 heavy (non-hydrogen) atoms. The second-order valence-corrected chi connectivity index (χ2v) is 5.84. The summed E-state index contributed by atoms with van der Waals surface area (Å²) in [6, 6.07) is 0. The minimum atomic E-state index is 0. The zero-order chi connectivity index (χ0) is 6.24. The molecule has 0 rings (SSSR count). The van der Waals surface area contributed by atoms with Crippen molar-refractivity contribution in [2.24, 2.45) is 0 Å². The molecule has 3 heteroatoms. The van der Waals surface area contributed by atoms with E-state index in [1.165, 1.54) is 10.6 Å². The molecule has 0 unspecified atom stereocenters. The van der Waals surface area contributed by atoms with Crippen LogP contribution in [0.15, 0.2) is 4.97 Å². The van der Waals surface area contributed by atoms with Crippen molar-refractivity contribution in [3.63, 3.8) is 0 Å². The fraction of sp³-hybridized carbons (Fsp3) is 0.667.